The van der Waals surface area contributed by atoms with Crippen LogP contribution >= 0.6 is 0 Å². The zero-order valence-electron chi connectivity index (χ0n) is 14.9. The number of piperidine rings is 1. The fourth-order valence-electron chi connectivity index (χ4n) is 3.92. The van der Waals surface area contributed by atoms with E-state index in [0.29, 0.717) is 12.5 Å². The van der Waals surface area contributed by atoms with Crippen LogP contribution in [0.25, 0.3) is 0 Å². The molecule has 0 bridgehead atoms. The molecule has 1 fully saturated rings. The predicted octanol–water partition coefficient (Wildman–Crippen LogP) is 3.57. The number of nitrogens with two attached hydrogens (primary N) is 1. The number of aryl methyl sites for hydroxylation is 1. The van der Waals surface area contributed by atoms with Gasteiger partial charge in [-0.2, -0.15) is 0 Å². The summed E-state index contributed by atoms with van der Waals surface area (Å²) in [5, 5.41) is 0. The van der Waals surface area contributed by atoms with E-state index >= 15 is 0 Å². The van der Waals surface area contributed by atoms with Gasteiger partial charge in [0.15, 0.2) is 0 Å². The van der Waals surface area contributed by atoms with E-state index < -0.39 is 0 Å². The van der Waals surface area contributed by atoms with Gasteiger partial charge in [0.05, 0.1) is 6.54 Å². The van der Waals surface area contributed by atoms with Crippen molar-refractivity contribution in [1.29, 1.82) is 0 Å². The minimum absolute atomic E-state index is 0.440. The number of likely N-dealkylation sites (tertiary alicyclic amines) is 1. The normalized spacial score (nSPS) is 22.5. The summed E-state index contributed by atoms with van der Waals surface area (Å²) in [5.74, 6) is 1.35. The third-order valence-corrected chi connectivity index (χ3v) is 5.31. The molecule has 1 aromatic rings. The number of aromatic nitrogens is 2. The molecular formula is C20H32N4. The van der Waals surface area contributed by atoms with Gasteiger partial charge in [-0.25, -0.2) is 9.97 Å². The molecule has 0 radical (unpaired) electrons. The lowest BCUT2D eigenvalue weighted by atomic mass is 9.96. The van der Waals surface area contributed by atoms with Gasteiger partial charge in [0.2, 0.25) is 0 Å². The summed E-state index contributed by atoms with van der Waals surface area (Å²) in [7, 11) is 0. The summed E-state index contributed by atoms with van der Waals surface area (Å²) in [4.78, 5) is 12.0. The number of hydrogen-bond donors (Lipinski definition) is 1. The van der Waals surface area contributed by atoms with Crippen molar-refractivity contribution in [3.63, 3.8) is 0 Å². The van der Waals surface area contributed by atoms with Gasteiger partial charge < -0.3 is 10.6 Å². The molecule has 24 heavy (non-hydrogen) atoms. The van der Waals surface area contributed by atoms with Crippen molar-refractivity contribution in [2.24, 2.45) is 5.73 Å². The average Bonchev–Trinajstić information content (AvgIpc) is 2.92. The van der Waals surface area contributed by atoms with Crippen LogP contribution in [-0.4, -0.2) is 34.5 Å². The van der Waals surface area contributed by atoms with Crippen molar-refractivity contribution in [3.05, 3.63) is 35.4 Å². The Bertz CT molecular complexity index is 534. The first kappa shape index (κ1) is 17.6. The van der Waals surface area contributed by atoms with Crippen LogP contribution in [0.5, 0.6) is 0 Å². The van der Waals surface area contributed by atoms with Crippen LogP contribution in [0.15, 0.2) is 18.2 Å². The van der Waals surface area contributed by atoms with E-state index in [0.717, 1.165) is 18.7 Å². The zero-order valence-corrected chi connectivity index (χ0v) is 14.9. The van der Waals surface area contributed by atoms with Crippen molar-refractivity contribution in [1.82, 2.24) is 14.9 Å². The Kier molecular flexibility index (Phi) is 6.79. The van der Waals surface area contributed by atoms with Gasteiger partial charge in [-0.1, -0.05) is 18.6 Å². The molecule has 1 aliphatic carbocycles. The minimum Gasteiger partial charge on any atom is -0.324 e. The highest BCUT2D eigenvalue weighted by Gasteiger charge is 2.16. The number of nitrogens with zero attached hydrogens (tertiary/aromatic N) is 3. The first-order valence-corrected chi connectivity index (χ1v) is 9.79. The highest BCUT2D eigenvalue weighted by molar-refractivity contribution is 5.17. The monoisotopic (exact) mass is 328 g/mol. The first-order chi connectivity index (χ1) is 11.8. The second-order valence-electron chi connectivity index (χ2n) is 7.25. The molecule has 0 amide bonds. The van der Waals surface area contributed by atoms with Gasteiger partial charge in [0, 0.05) is 17.3 Å². The Morgan fingerprint density at radius 2 is 1.96 bits per heavy atom. The summed E-state index contributed by atoms with van der Waals surface area (Å²) in [6, 6.07) is 2.25. The smallest absolute Gasteiger partial charge is 0.142 e. The molecule has 3 rings (SSSR count). The van der Waals surface area contributed by atoms with Crippen LogP contribution in [0, 0.1) is 0 Å². The molecule has 1 atom stereocenters. The minimum atomic E-state index is 0.440. The second kappa shape index (κ2) is 9.28. The standard InChI is InChI=1S/C20H32N4/c21-16-20-22-18(11-8-14-24-12-6-3-7-13-24)15-19(23-20)17-9-4-1-2-5-10-17/h1,4,15,17H,2-3,5-14,16,21H2/t17-/m0/s1. The quantitative estimate of drug-likeness (QED) is 0.811. The number of hydrogen-bond acceptors (Lipinski definition) is 4. The van der Waals surface area contributed by atoms with Crippen LogP contribution < -0.4 is 5.73 Å². The molecule has 2 N–H and O–H groups in total. The Labute approximate surface area is 146 Å². The summed E-state index contributed by atoms with van der Waals surface area (Å²) in [5.41, 5.74) is 8.25. The Morgan fingerprint density at radius 1 is 1.08 bits per heavy atom. The van der Waals surface area contributed by atoms with E-state index in [1.807, 2.05) is 0 Å². The average molecular weight is 329 g/mol. The first-order valence-electron chi connectivity index (χ1n) is 9.79. The van der Waals surface area contributed by atoms with E-state index in [2.05, 4.69) is 28.1 Å². The molecule has 1 saturated heterocycles. The van der Waals surface area contributed by atoms with Crippen molar-refractivity contribution in [2.75, 3.05) is 19.6 Å². The number of allylic oxidation sites excluding steroid dienone is 2. The molecule has 1 aliphatic heterocycles. The van der Waals surface area contributed by atoms with Crippen molar-refractivity contribution < 1.29 is 0 Å². The SMILES string of the molecule is NCc1nc(CCCN2CCCCC2)cc([C@H]2CC=CCCC2)n1. The van der Waals surface area contributed by atoms with E-state index in [4.69, 9.17) is 10.7 Å². The molecule has 4 nitrogen and oxygen atoms in total. The Balaban J connectivity index is 1.61. The Hall–Kier alpha value is -1.26. The largest absolute Gasteiger partial charge is 0.324 e. The highest BCUT2D eigenvalue weighted by Crippen LogP contribution is 2.28. The van der Waals surface area contributed by atoms with E-state index in [1.165, 1.54) is 76.0 Å². The maximum Gasteiger partial charge on any atom is 0.142 e. The molecule has 4 heteroatoms. The zero-order chi connectivity index (χ0) is 16.6. The fourth-order valence-corrected chi connectivity index (χ4v) is 3.92. The molecule has 0 aromatic carbocycles. The summed E-state index contributed by atoms with van der Waals surface area (Å²) >= 11 is 0. The molecule has 0 unspecified atom stereocenters. The van der Waals surface area contributed by atoms with Crippen molar-refractivity contribution in [3.8, 4) is 0 Å². The van der Waals surface area contributed by atoms with E-state index in [9.17, 15) is 0 Å². The molecule has 132 valence electrons. The van der Waals surface area contributed by atoms with Gasteiger partial charge in [-0.3, -0.25) is 0 Å². The lowest BCUT2D eigenvalue weighted by Gasteiger charge is -2.26. The highest BCUT2D eigenvalue weighted by atomic mass is 15.1. The fraction of sp³-hybridized carbons (Fsp3) is 0.700. The molecule has 0 saturated carbocycles. The van der Waals surface area contributed by atoms with Crippen LogP contribution in [-0.2, 0) is 13.0 Å². The van der Waals surface area contributed by atoms with E-state index in [1.54, 1.807) is 0 Å². The van der Waals surface area contributed by atoms with Crippen molar-refractivity contribution in [2.45, 2.75) is 70.3 Å². The van der Waals surface area contributed by atoms with Gasteiger partial charge in [-0.05, 0) is 77.1 Å². The Morgan fingerprint density at radius 3 is 2.79 bits per heavy atom. The summed E-state index contributed by atoms with van der Waals surface area (Å²) < 4.78 is 0. The molecule has 2 aliphatic rings. The summed E-state index contributed by atoms with van der Waals surface area (Å²) in [6.07, 6.45) is 15.8. The van der Waals surface area contributed by atoms with Gasteiger partial charge >= 0.3 is 0 Å². The predicted molar refractivity (Wildman–Crippen MR) is 98.9 cm³/mol. The lowest BCUT2D eigenvalue weighted by molar-refractivity contribution is 0.226. The maximum atomic E-state index is 5.85. The van der Waals surface area contributed by atoms with E-state index in [-0.39, 0.29) is 0 Å². The number of rotatable bonds is 6. The van der Waals surface area contributed by atoms with Crippen LogP contribution in [0.1, 0.15) is 74.5 Å². The maximum absolute atomic E-state index is 5.85. The topological polar surface area (TPSA) is 55.0 Å². The van der Waals surface area contributed by atoms with Crippen LogP contribution in [0.4, 0.5) is 0 Å². The van der Waals surface area contributed by atoms with Gasteiger partial charge in [-0.15, -0.1) is 0 Å². The van der Waals surface area contributed by atoms with Crippen molar-refractivity contribution >= 4 is 0 Å². The van der Waals surface area contributed by atoms with Crippen LogP contribution in [0.3, 0.4) is 0 Å². The summed E-state index contributed by atoms with van der Waals surface area (Å²) in [6.45, 7) is 4.19. The molecular weight excluding hydrogens is 296 g/mol. The third kappa shape index (κ3) is 5.12. The third-order valence-electron chi connectivity index (χ3n) is 5.31. The molecule has 0 spiro atoms. The van der Waals surface area contributed by atoms with Gasteiger partial charge in [0.1, 0.15) is 5.82 Å². The lowest BCUT2D eigenvalue weighted by Crippen LogP contribution is -2.30. The second-order valence-corrected chi connectivity index (χ2v) is 7.25. The molecule has 2 heterocycles. The van der Waals surface area contributed by atoms with Crippen LogP contribution in [0.2, 0.25) is 0 Å². The van der Waals surface area contributed by atoms with Gasteiger partial charge in [0.25, 0.3) is 0 Å². The molecule has 1 aromatic heterocycles.